The summed E-state index contributed by atoms with van der Waals surface area (Å²) in [5.74, 6) is 3.18. The number of fused-ring (bicyclic) bond motifs is 1. The molecule has 0 heterocycles. The SMILES string of the molecule is CC(C)[C@@H]1C=C(O[Si](C(C)C)(C(C)C)C(C)C)[C@@H]2CC=C[C@@]21C. The summed E-state index contributed by atoms with van der Waals surface area (Å²) < 4.78 is 7.10. The molecule has 0 unspecified atom stereocenters. The lowest BCUT2D eigenvalue weighted by molar-refractivity contribution is 0.188. The summed E-state index contributed by atoms with van der Waals surface area (Å²) >= 11 is 0. The Morgan fingerprint density at radius 2 is 1.52 bits per heavy atom. The molecule has 0 N–H and O–H groups in total. The summed E-state index contributed by atoms with van der Waals surface area (Å²) in [5.41, 5.74) is 2.19. The van der Waals surface area contributed by atoms with E-state index in [2.05, 4.69) is 80.5 Å². The van der Waals surface area contributed by atoms with E-state index in [0.29, 0.717) is 34.4 Å². The van der Waals surface area contributed by atoms with Gasteiger partial charge in [0, 0.05) is 11.3 Å². The van der Waals surface area contributed by atoms with E-state index in [9.17, 15) is 0 Å². The van der Waals surface area contributed by atoms with Crippen LogP contribution in [0.1, 0.15) is 68.7 Å². The van der Waals surface area contributed by atoms with Crippen molar-refractivity contribution in [3.63, 3.8) is 0 Å². The summed E-state index contributed by atoms with van der Waals surface area (Å²) in [4.78, 5) is 0. The van der Waals surface area contributed by atoms with Crippen molar-refractivity contribution in [1.82, 2.24) is 0 Å². The second kappa shape index (κ2) is 6.42. The fraction of sp³-hybridized carbons (Fsp3) is 0.810. The van der Waals surface area contributed by atoms with Crippen LogP contribution in [0, 0.1) is 23.2 Å². The van der Waals surface area contributed by atoms with Gasteiger partial charge in [-0.15, -0.1) is 0 Å². The standard InChI is InChI=1S/C21H38OSi/c1-14(2)19-13-20(18-11-10-12-21(18,19)9)22-23(15(3)4,16(5)6)17(7)8/h10,12-19H,11H2,1-9H3/t18-,19-,21-/m0/s1. The van der Waals surface area contributed by atoms with E-state index in [4.69, 9.17) is 4.43 Å². The Hall–Kier alpha value is -0.503. The van der Waals surface area contributed by atoms with Crippen molar-refractivity contribution in [1.29, 1.82) is 0 Å². The van der Waals surface area contributed by atoms with E-state index in [-0.39, 0.29) is 5.41 Å². The Balaban J connectivity index is 2.39. The maximum atomic E-state index is 7.10. The van der Waals surface area contributed by atoms with Crippen molar-refractivity contribution in [2.24, 2.45) is 23.2 Å². The summed E-state index contributed by atoms with van der Waals surface area (Å²) in [5, 5.41) is 0. The maximum absolute atomic E-state index is 7.10. The molecule has 1 nitrogen and oxygen atoms in total. The highest BCUT2D eigenvalue weighted by Gasteiger charge is 2.53. The molecule has 0 amide bonds. The van der Waals surface area contributed by atoms with Crippen molar-refractivity contribution in [2.45, 2.75) is 85.4 Å². The normalized spacial score (nSPS) is 30.7. The van der Waals surface area contributed by atoms with Crippen LogP contribution in [0.15, 0.2) is 24.0 Å². The van der Waals surface area contributed by atoms with Crippen LogP contribution in [0.4, 0.5) is 0 Å². The van der Waals surface area contributed by atoms with Crippen LogP contribution in [-0.2, 0) is 4.43 Å². The van der Waals surface area contributed by atoms with Gasteiger partial charge in [-0.05, 0) is 41.0 Å². The molecule has 2 aliphatic rings. The first-order chi connectivity index (χ1) is 10.6. The Kier molecular flexibility index (Phi) is 5.26. The van der Waals surface area contributed by atoms with Gasteiger partial charge in [-0.1, -0.05) is 74.5 Å². The van der Waals surface area contributed by atoms with E-state index in [0.717, 1.165) is 6.42 Å². The van der Waals surface area contributed by atoms with Gasteiger partial charge in [0.1, 0.15) is 0 Å². The molecule has 132 valence electrons. The fourth-order valence-corrected chi connectivity index (χ4v) is 11.0. The summed E-state index contributed by atoms with van der Waals surface area (Å²) in [6.45, 7) is 21.5. The van der Waals surface area contributed by atoms with Crippen molar-refractivity contribution < 1.29 is 4.43 Å². The molecule has 0 aliphatic heterocycles. The minimum Gasteiger partial charge on any atom is -0.546 e. The van der Waals surface area contributed by atoms with Crippen molar-refractivity contribution in [3.05, 3.63) is 24.0 Å². The number of hydrogen-bond acceptors (Lipinski definition) is 1. The number of allylic oxidation sites excluding steroid dienone is 4. The van der Waals surface area contributed by atoms with E-state index in [1.807, 2.05) is 0 Å². The quantitative estimate of drug-likeness (QED) is 0.378. The molecule has 0 aromatic heterocycles. The fourth-order valence-electron chi connectivity index (χ4n) is 5.64. The third-order valence-electron chi connectivity index (χ3n) is 6.73. The molecule has 2 rings (SSSR count). The van der Waals surface area contributed by atoms with Crippen LogP contribution in [0.2, 0.25) is 16.6 Å². The maximum Gasteiger partial charge on any atom is 0.258 e. The third-order valence-corrected chi connectivity index (χ3v) is 12.7. The smallest absolute Gasteiger partial charge is 0.258 e. The first kappa shape index (κ1) is 18.8. The molecule has 0 bridgehead atoms. The average molecular weight is 335 g/mol. The molecule has 0 spiro atoms. The second-order valence-corrected chi connectivity index (χ2v) is 14.7. The van der Waals surface area contributed by atoms with Gasteiger partial charge in [-0.2, -0.15) is 0 Å². The molecule has 2 aliphatic carbocycles. The minimum atomic E-state index is -1.85. The van der Waals surface area contributed by atoms with E-state index in [1.54, 1.807) is 0 Å². The van der Waals surface area contributed by atoms with Gasteiger partial charge >= 0.3 is 0 Å². The predicted molar refractivity (Wildman–Crippen MR) is 104 cm³/mol. The van der Waals surface area contributed by atoms with E-state index < -0.39 is 8.32 Å². The van der Waals surface area contributed by atoms with Crippen LogP contribution >= 0.6 is 0 Å². The van der Waals surface area contributed by atoms with E-state index in [1.165, 1.54) is 5.76 Å². The highest BCUT2D eigenvalue weighted by atomic mass is 28.4. The van der Waals surface area contributed by atoms with Gasteiger partial charge in [0.15, 0.2) is 0 Å². The zero-order valence-corrected chi connectivity index (χ0v) is 17.8. The highest BCUT2D eigenvalue weighted by molar-refractivity contribution is 6.77. The average Bonchev–Trinajstić information content (AvgIpc) is 2.90. The Morgan fingerprint density at radius 3 is 1.96 bits per heavy atom. The Bertz CT molecular complexity index is 464. The molecule has 0 saturated carbocycles. The summed E-state index contributed by atoms with van der Waals surface area (Å²) in [6, 6.07) is 0. The molecule has 0 aromatic carbocycles. The molecule has 23 heavy (non-hydrogen) atoms. The topological polar surface area (TPSA) is 9.23 Å². The first-order valence-electron chi connectivity index (χ1n) is 9.65. The van der Waals surface area contributed by atoms with Crippen molar-refractivity contribution in [3.8, 4) is 0 Å². The molecule has 0 aromatic rings. The van der Waals surface area contributed by atoms with Crippen LogP contribution < -0.4 is 0 Å². The Labute approximate surface area is 145 Å². The number of hydrogen-bond donors (Lipinski definition) is 0. The molecule has 0 saturated heterocycles. The largest absolute Gasteiger partial charge is 0.546 e. The first-order valence-corrected chi connectivity index (χ1v) is 11.8. The predicted octanol–water partition coefficient (Wildman–Crippen LogP) is 6.93. The third kappa shape index (κ3) is 2.86. The second-order valence-electron chi connectivity index (χ2n) is 9.32. The lowest BCUT2D eigenvalue weighted by Gasteiger charge is -2.44. The van der Waals surface area contributed by atoms with E-state index >= 15 is 0 Å². The monoisotopic (exact) mass is 334 g/mol. The van der Waals surface area contributed by atoms with Gasteiger partial charge in [-0.25, -0.2) is 0 Å². The summed E-state index contributed by atoms with van der Waals surface area (Å²) in [6.07, 6.45) is 8.52. The van der Waals surface area contributed by atoms with Crippen LogP contribution in [-0.4, -0.2) is 8.32 Å². The van der Waals surface area contributed by atoms with Crippen molar-refractivity contribution in [2.75, 3.05) is 0 Å². The Morgan fingerprint density at radius 1 is 1.00 bits per heavy atom. The van der Waals surface area contributed by atoms with Gasteiger partial charge in [-0.3, -0.25) is 0 Å². The lowest BCUT2D eigenvalue weighted by atomic mass is 9.71. The van der Waals surface area contributed by atoms with Gasteiger partial charge in [0.05, 0.1) is 5.76 Å². The van der Waals surface area contributed by atoms with Crippen LogP contribution in [0.5, 0.6) is 0 Å². The number of rotatable bonds is 6. The zero-order valence-electron chi connectivity index (χ0n) is 16.8. The molecular formula is C21H38OSi. The van der Waals surface area contributed by atoms with Crippen LogP contribution in [0.3, 0.4) is 0 Å². The lowest BCUT2D eigenvalue weighted by Crippen LogP contribution is -2.48. The van der Waals surface area contributed by atoms with Crippen LogP contribution in [0.25, 0.3) is 0 Å². The molecule has 3 atom stereocenters. The van der Waals surface area contributed by atoms with Gasteiger partial charge in [0.25, 0.3) is 8.32 Å². The molecule has 0 radical (unpaired) electrons. The molecular weight excluding hydrogens is 296 g/mol. The molecule has 2 heteroatoms. The highest BCUT2D eigenvalue weighted by Crippen LogP contribution is 2.57. The molecule has 0 fully saturated rings. The van der Waals surface area contributed by atoms with Gasteiger partial charge in [0.2, 0.25) is 0 Å². The zero-order chi connectivity index (χ0) is 17.6. The van der Waals surface area contributed by atoms with Gasteiger partial charge < -0.3 is 4.43 Å². The minimum absolute atomic E-state index is 0.272. The van der Waals surface area contributed by atoms with Crippen molar-refractivity contribution >= 4 is 8.32 Å². The summed E-state index contributed by atoms with van der Waals surface area (Å²) in [7, 11) is -1.85.